The summed E-state index contributed by atoms with van der Waals surface area (Å²) in [6.45, 7) is 1.07. The second-order valence-electron chi connectivity index (χ2n) is 6.56. The van der Waals surface area contributed by atoms with E-state index in [2.05, 4.69) is 4.98 Å². The van der Waals surface area contributed by atoms with Crippen molar-refractivity contribution in [2.24, 2.45) is 0 Å². The molecule has 0 spiro atoms. The lowest BCUT2D eigenvalue weighted by Crippen LogP contribution is -2.32. The Morgan fingerprint density at radius 1 is 1.21 bits per heavy atom. The van der Waals surface area contributed by atoms with Crippen molar-refractivity contribution < 1.29 is 19.1 Å². The van der Waals surface area contributed by atoms with E-state index in [0.29, 0.717) is 31.0 Å². The van der Waals surface area contributed by atoms with Crippen LogP contribution >= 0.6 is 11.3 Å². The number of carbonyl (C=O) groups is 1. The Kier molecular flexibility index (Phi) is 4.02. The zero-order valence-corrected chi connectivity index (χ0v) is 15.6. The summed E-state index contributed by atoms with van der Waals surface area (Å²) in [5, 5.41) is 11.4. The Bertz CT molecular complexity index is 1130. The van der Waals surface area contributed by atoms with Crippen LogP contribution in [0.3, 0.4) is 0 Å². The molecule has 3 heterocycles. The molecular weight excluding hydrogens is 376 g/mol. The molecule has 0 bridgehead atoms. The lowest BCUT2D eigenvalue weighted by molar-refractivity contribution is 0.0732. The highest BCUT2D eigenvalue weighted by Crippen LogP contribution is 2.39. The Morgan fingerprint density at radius 3 is 2.93 bits per heavy atom. The van der Waals surface area contributed by atoms with Crippen LogP contribution in [0.1, 0.15) is 15.9 Å². The number of fused-ring (bicyclic) bond motifs is 2. The number of para-hydroxylation sites is 1. The molecule has 5 rings (SSSR count). The van der Waals surface area contributed by atoms with Gasteiger partial charge in [0.2, 0.25) is 0 Å². The number of hydrogen-bond acceptors (Lipinski definition) is 6. The molecule has 28 heavy (non-hydrogen) atoms. The average molecular weight is 392 g/mol. The second-order valence-corrected chi connectivity index (χ2v) is 7.59. The first-order valence-electron chi connectivity index (χ1n) is 8.85. The maximum atomic E-state index is 12.7. The van der Waals surface area contributed by atoms with Crippen molar-refractivity contribution >= 4 is 27.5 Å². The number of carbonyl (C=O) groups excluding carboxylic acids is 1. The molecule has 1 aliphatic heterocycles. The van der Waals surface area contributed by atoms with Crippen LogP contribution in [-0.4, -0.2) is 34.0 Å². The van der Waals surface area contributed by atoms with E-state index in [1.807, 2.05) is 30.3 Å². The van der Waals surface area contributed by atoms with E-state index in [-0.39, 0.29) is 11.7 Å². The van der Waals surface area contributed by atoms with Gasteiger partial charge in [0.1, 0.15) is 17.9 Å². The third-order valence-corrected chi connectivity index (χ3v) is 5.80. The summed E-state index contributed by atoms with van der Waals surface area (Å²) in [6.07, 6.45) is 2.91. The molecule has 140 valence electrons. The maximum absolute atomic E-state index is 12.7. The van der Waals surface area contributed by atoms with E-state index >= 15 is 0 Å². The normalized spacial score (nSPS) is 13.8. The van der Waals surface area contributed by atoms with Gasteiger partial charge in [0.05, 0.1) is 28.6 Å². The zero-order chi connectivity index (χ0) is 19.1. The van der Waals surface area contributed by atoms with Crippen molar-refractivity contribution in [2.45, 2.75) is 6.54 Å². The fourth-order valence-corrected chi connectivity index (χ4v) is 4.31. The molecule has 1 N–H and O–H groups in total. The largest absolute Gasteiger partial charge is 0.504 e. The predicted molar refractivity (Wildman–Crippen MR) is 106 cm³/mol. The fourth-order valence-electron chi connectivity index (χ4n) is 3.36. The molecule has 0 saturated heterocycles. The van der Waals surface area contributed by atoms with Crippen molar-refractivity contribution in [3.8, 4) is 22.1 Å². The van der Waals surface area contributed by atoms with Gasteiger partial charge in [-0.1, -0.05) is 12.1 Å². The number of thiazole rings is 1. The summed E-state index contributed by atoms with van der Waals surface area (Å²) < 4.78 is 11.9. The van der Waals surface area contributed by atoms with E-state index in [4.69, 9.17) is 9.15 Å². The van der Waals surface area contributed by atoms with Crippen LogP contribution in [0.15, 0.2) is 59.4 Å². The van der Waals surface area contributed by atoms with Crippen molar-refractivity contribution in [2.75, 3.05) is 13.2 Å². The van der Waals surface area contributed by atoms with E-state index in [0.717, 1.165) is 26.4 Å². The number of aromatic hydroxyl groups is 1. The van der Waals surface area contributed by atoms with Crippen LogP contribution in [-0.2, 0) is 6.54 Å². The van der Waals surface area contributed by atoms with Crippen molar-refractivity contribution in [3.05, 3.63) is 66.1 Å². The van der Waals surface area contributed by atoms with Crippen LogP contribution in [0.25, 0.3) is 20.8 Å². The number of ether oxygens (including phenoxy) is 1. The molecule has 1 amide bonds. The third-order valence-electron chi connectivity index (χ3n) is 4.71. The zero-order valence-electron chi connectivity index (χ0n) is 14.8. The number of benzene rings is 2. The first-order chi connectivity index (χ1) is 13.7. The summed E-state index contributed by atoms with van der Waals surface area (Å²) in [6, 6.07) is 13.2. The number of furan rings is 1. The van der Waals surface area contributed by atoms with Gasteiger partial charge in [-0.25, -0.2) is 4.98 Å². The number of phenols is 1. The van der Waals surface area contributed by atoms with Crippen molar-refractivity contribution in [3.63, 3.8) is 0 Å². The number of nitrogens with zero attached hydrogens (tertiary/aromatic N) is 2. The van der Waals surface area contributed by atoms with Gasteiger partial charge in [-0.3, -0.25) is 4.79 Å². The van der Waals surface area contributed by atoms with Crippen LogP contribution in [0.2, 0.25) is 0 Å². The molecule has 1 aliphatic rings. The monoisotopic (exact) mass is 392 g/mol. The molecule has 6 nitrogen and oxygen atoms in total. The Balaban J connectivity index is 1.53. The van der Waals surface area contributed by atoms with Crippen molar-refractivity contribution in [1.29, 1.82) is 0 Å². The number of aromatic nitrogens is 1. The molecule has 2 aromatic carbocycles. The Labute approximate surface area is 164 Å². The van der Waals surface area contributed by atoms with Gasteiger partial charge in [0.15, 0.2) is 11.5 Å². The highest BCUT2D eigenvalue weighted by Gasteiger charge is 2.24. The molecule has 0 unspecified atom stereocenters. The number of phenolic OH excluding ortho intramolecular Hbond substituents is 1. The lowest BCUT2D eigenvalue weighted by atomic mass is 10.1. The summed E-state index contributed by atoms with van der Waals surface area (Å²) in [4.78, 5) is 19.1. The minimum absolute atomic E-state index is 0.0596. The van der Waals surface area contributed by atoms with Gasteiger partial charge < -0.3 is 19.2 Å². The van der Waals surface area contributed by atoms with E-state index in [1.54, 1.807) is 28.4 Å². The Morgan fingerprint density at radius 2 is 2.11 bits per heavy atom. The minimum atomic E-state index is -0.130. The smallest absolute Gasteiger partial charge is 0.257 e. The van der Waals surface area contributed by atoms with Gasteiger partial charge in [-0.15, -0.1) is 11.3 Å². The topological polar surface area (TPSA) is 75.8 Å². The fraction of sp³-hybridized carbons (Fsp3) is 0.143. The summed E-state index contributed by atoms with van der Waals surface area (Å²) in [5.41, 5.74) is 2.97. The summed E-state index contributed by atoms with van der Waals surface area (Å²) >= 11 is 1.56. The highest BCUT2D eigenvalue weighted by atomic mass is 32.1. The lowest BCUT2D eigenvalue weighted by Gasteiger charge is -2.19. The first-order valence-corrected chi connectivity index (χ1v) is 9.67. The summed E-state index contributed by atoms with van der Waals surface area (Å²) in [5.74, 6) is 0.354. The molecule has 7 heteroatoms. The van der Waals surface area contributed by atoms with Gasteiger partial charge in [0, 0.05) is 17.7 Å². The second kappa shape index (κ2) is 6.69. The first kappa shape index (κ1) is 16.8. The van der Waals surface area contributed by atoms with E-state index < -0.39 is 0 Å². The number of rotatable bonds is 2. The molecule has 0 saturated carbocycles. The van der Waals surface area contributed by atoms with Gasteiger partial charge in [-0.2, -0.15) is 0 Å². The SMILES string of the molecule is O=C(c1ccoc1)N1CCOc2c(O)cc(-c3nc4ccccc4s3)cc2C1. The molecule has 0 fully saturated rings. The quantitative estimate of drug-likeness (QED) is 0.551. The highest BCUT2D eigenvalue weighted by molar-refractivity contribution is 7.21. The third kappa shape index (κ3) is 2.90. The number of hydrogen-bond donors (Lipinski definition) is 1. The van der Waals surface area contributed by atoms with E-state index in [1.165, 1.54) is 12.5 Å². The van der Waals surface area contributed by atoms with E-state index in [9.17, 15) is 9.90 Å². The molecular formula is C21H16N2O4S. The average Bonchev–Trinajstić information content (AvgIpc) is 3.33. The molecule has 4 aromatic rings. The van der Waals surface area contributed by atoms with Crippen LogP contribution in [0.4, 0.5) is 0 Å². The number of amides is 1. The molecule has 0 aliphatic carbocycles. The predicted octanol–water partition coefficient (Wildman–Crippen LogP) is 4.30. The van der Waals surface area contributed by atoms with Gasteiger partial charge >= 0.3 is 0 Å². The standard InChI is InChI=1S/C21H16N2O4S/c24-17-10-14(20-22-16-3-1-2-4-18(16)28-20)9-15-11-23(6-8-27-19(15)17)21(25)13-5-7-26-12-13/h1-5,7,9-10,12,24H,6,8,11H2. The van der Waals surface area contributed by atoms with Gasteiger partial charge in [0.25, 0.3) is 5.91 Å². The minimum Gasteiger partial charge on any atom is -0.504 e. The molecule has 0 atom stereocenters. The van der Waals surface area contributed by atoms with Crippen LogP contribution in [0, 0.1) is 0 Å². The molecule has 2 aromatic heterocycles. The van der Waals surface area contributed by atoms with Crippen LogP contribution < -0.4 is 4.74 Å². The molecule has 0 radical (unpaired) electrons. The van der Waals surface area contributed by atoms with Crippen LogP contribution in [0.5, 0.6) is 11.5 Å². The van der Waals surface area contributed by atoms with Crippen molar-refractivity contribution in [1.82, 2.24) is 9.88 Å². The van der Waals surface area contributed by atoms with Gasteiger partial charge in [-0.05, 0) is 30.3 Å². The summed E-state index contributed by atoms with van der Waals surface area (Å²) in [7, 11) is 0. The Hall–Kier alpha value is -3.32. The maximum Gasteiger partial charge on any atom is 0.257 e.